The zero-order valence-corrected chi connectivity index (χ0v) is 11.5. The number of hydrazine groups is 1. The molecule has 0 aliphatic carbocycles. The molecule has 0 heterocycles. The number of ether oxygens (including phenoxy) is 1. The highest BCUT2D eigenvalue weighted by Gasteiger charge is 2.12. The minimum absolute atomic E-state index is 0.193. The Kier molecular flexibility index (Phi) is 3.84. The van der Waals surface area contributed by atoms with Crippen molar-refractivity contribution in [3.8, 4) is 5.75 Å². The van der Waals surface area contributed by atoms with Gasteiger partial charge in [0.15, 0.2) is 0 Å². The van der Waals surface area contributed by atoms with E-state index in [1.165, 1.54) is 0 Å². The summed E-state index contributed by atoms with van der Waals surface area (Å²) in [7, 11) is 1.59. The summed E-state index contributed by atoms with van der Waals surface area (Å²) < 4.78 is 6.29. The molecule has 18 heavy (non-hydrogen) atoms. The number of nitrogens with two attached hydrogens (primary N) is 1. The van der Waals surface area contributed by atoms with E-state index < -0.39 is 0 Å². The molecule has 0 radical (unpaired) electrons. The fourth-order valence-electron chi connectivity index (χ4n) is 1.93. The average Bonchev–Trinajstić information content (AvgIpc) is 2.38. The van der Waals surface area contributed by atoms with Crippen molar-refractivity contribution in [2.75, 3.05) is 7.11 Å². The average molecular weight is 309 g/mol. The van der Waals surface area contributed by atoms with Gasteiger partial charge < -0.3 is 4.74 Å². The lowest BCUT2D eigenvalue weighted by atomic mass is 10.0. The minimum Gasteiger partial charge on any atom is -0.496 e. The molecule has 4 nitrogen and oxygen atoms in total. The Morgan fingerprint density at radius 3 is 2.83 bits per heavy atom. The van der Waals surface area contributed by atoms with Gasteiger partial charge in [0.25, 0.3) is 0 Å². The number of fused-ring (bicyclic) bond motifs is 1. The molecule has 94 valence electrons. The molecule has 0 fully saturated rings. The largest absolute Gasteiger partial charge is 0.496 e. The molecule has 0 spiro atoms. The first-order chi connectivity index (χ1) is 8.65. The van der Waals surface area contributed by atoms with Gasteiger partial charge in [0.2, 0.25) is 5.91 Å². The number of nitrogens with one attached hydrogen (secondary N) is 1. The van der Waals surface area contributed by atoms with E-state index >= 15 is 0 Å². The third-order valence-electron chi connectivity index (χ3n) is 2.77. The van der Waals surface area contributed by atoms with Crippen molar-refractivity contribution in [1.82, 2.24) is 5.43 Å². The molecule has 2 rings (SSSR count). The van der Waals surface area contributed by atoms with Crippen LogP contribution >= 0.6 is 15.9 Å². The fraction of sp³-hybridized carbons (Fsp3) is 0.154. The molecule has 0 aromatic heterocycles. The van der Waals surface area contributed by atoms with E-state index in [9.17, 15) is 4.79 Å². The number of benzene rings is 2. The molecule has 0 unspecified atom stereocenters. The van der Waals surface area contributed by atoms with Crippen LogP contribution in [0.1, 0.15) is 5.56 Å². The Morgan fingerprint density at radius 2 is 2.17 bits per heavy atom. The molecule has 0 bridgehead atoms. The molecular weight excluding hydrogens is 296 g/mol. The number of carbonyl (C=O) groups is 1. The molecule has 0 saturated heterocycles. The van der Waals surface area contributed by atoms with E-state index in [1.807, 2.05) is 30.3 Å². The van der Waals surface area contributed by atoms with Gasteiger partial charge in [-0.3, -0.25) is 10.2 Å². The Balaban J connectivity index is 2.61. The highest BCUT2D eigenvalue weighted by molar-refractivity contribution is 9.10. The lowest BCUT2D eigenvalue weighted by molar-refractivity contribution is -0.120. The minimum atomic E-state index is -0.247. The molecule has 5 heteroatoms. The lowest BCUT2D eigenvalue weighted by Crippen LogP contribution is -2.31. The standard InChI is InChI=1S/C13H13BrN2O2/c1-18-12-5-2-8-6-9(14)3-4-10(8)11(12)7-13(17)16-15/h2-6H,7,15H2,1H3,(H,16,17). The second-order valence-electron chi connectivity index (χ2n) is 3.86. The van der Waals surface area contributed by atoms with Crippen LogP contribution < -0.4 is 16.0 Å². The number of carbonyl (C=O) groups excluding carboxylic acids is 1. The van der Waals surface area contributed by atoms with Crippen molar-refractivity contribution in [3.63, 3.8) is 0 Å². The van der Waals surface area contributed by atoms with Gasteiger partial charge in [0.05, 0.1) is 13.5 Å². The molecule has 0 saturated carbocycles. The van der Waals surface area contributed by atoms with Crippen LogP contribution in [0.3, 0.4) is 0 Å². The topological polar surface area (TPSA) is 64.3 Å². The smallest absolute Gasteiger partial charge is 0.238 e. The summed E-state index contributed by atoms with van der Waals surface area (Å²) in [6.07, 6.45) is 0.193. The zero-order valence-electron chi connectivity index (χ0n) is 9.87. The summed E-state index contributed by atoms with van der Waals surface area (Å²) in [5.74, 6) is 5.57. The summed E-state index contributed by atoms with van der Waals surface area (Å²) in [4.78, 5) is 11.5. The summed E-state index contributed by atoms with van der Waals surface area (Å²) in [6.45, 7) is 0. The van der Waals surface area contributed by atoms with E-state index in [1.54, 1.807) is 7.11 Å². The summed E-state index contributed by atoms with van der Waals surface area (Å²) in [5, 5.41) is 2.03. The van der Waals surface area contributed by atoms with Crippen LogP contribution in [-0.2, 0) is 11.2 Å². The third kappa shape index (κ3) is 2.47. The maximum absolute atomic E-state index is 11.5. The lowest BCUT2D eigenvalue weighted by Gasteiger charge is -2.11. The first kappa shape index (κ1) is 12.9. The quantitative estimate of drug-likeness (QED) is 0.519. The first-order valence-electron chi connectivity index (χ1n) is 5.40. The number of halogens is 1. The molecule has 3 N–H and O–H groups in total. The van der Waals surface area contributed by atoms with Gasteiger partial charge in [-0.05, 0) is 29.0 Å². The van der Waals surface area contributed by atoms with Crippen LogP contribution in [0.4, 0.5) is 0 Å². The van der Waals surface area contributed by atoms with E-state index in [0.29, 0.717) is 5.75 Å². The Labute approximate surface area is 113 Å². The maximum Gasteiger partial charge on any atom is 0.238 e. The maximum atomic E-state index is 11.5. The summed E-state index contributed by atoms with van der Waals surface area (Å²) >= 11 is 3.43. The monoisotopic (exact) mass is 308 g/mol. The predicted octanol–water partition coefficient (Wildman–Crippen LogP) is 2.14. The van der Waals surface area contributed by atoms with Gasteiger partial charge in [-0.15, -0.1) is 0 Å². The fourth-order valence-corrected chi connectivity index (χ4v) is 2.31. The van der Waals surface area contributed by atoms with Crippen LogP contribution in [0.2, 0.25) is 0 Å². The number of amides is 1. The normalized spacial score (nSPS) is 10.4. The number of rotatable bonds is 3. The summed E-state index contributed by atoms with van der Waals surface area (Å²) in [5.41, 5.74) is 2.98. The number of hydrogen-bond acceptors (Lipinski definition) is 3. The van der Waals surface area contributed by atoms with Crippen LogP contribution in [0.5, 0.6) is 5.75 Å². The van der Waals surface area contributed by atoms with Crippen LogP contribution in [-0.4, -0.2) is 13.0 Å². The predicted molar refractivity (Wildman–Crippen MR) is 74.2 cm³/mol. The van der Waals surface area contributed by atoms with Gasteiger partial charge in [-0.1, -0.05) is 28.1 Å². The van der Waals surface area contributed by atoms with E-state index in [-0.39, 0.29) is 12.3 Å². The van der Waals surface area contributed by atoms with Gasteiger partial charge >= 0.3 is 0 Å². The van der Waals surface area contributed by atoms with Crippen molar-refractivity contribution < 1.29 is 9.53 Å². The van der Waals surface area contributed by atoms with Gasteiger partial charge in [-0.2, -0.15) is 0 Å². The molecular formula is C13H13BrN2O2. The molecule has 0 aliphatic heterocycles. The summed E-state index contributed by atoms with van der Waals surface area (Å²) in [6, 6.07) is 9.71. The zero-order chi connectivity index (χ0) is 13.1. The van der Waals surface area contributed by atoms with Crippen LogP contribution in [0.15, 0.2) is 34.8 Å². The molecule has 2 aromatic carbocycles. The van der Waals surface area contributed by atoms with Crippen molar-refractivity contribution in [1.29, 1.82) is 0 Å². The molecule has 0 aliphatic rings. The highest BCUT2D eigenvalue weighted by atomic mass is 79.9. The Morgan fingerprint density at radius 1 is 1.39 bits per heavy atom. The number of methoxy groups -OCH3 is 1. The number of hydrogen-bond donors (Lipinski definition) is 2. The second-order valence-corrected chi connectivity index (χ2v) is 4.77. The van der Waals surface area contributed by atoms with Crippen molar-refractivity contribution in [3.05, 3.63) is 40.4 Å². The van der Waals surface area contributed by atoms with Gasteiger partial charge in [0, 0.05) is 10.0 Å². The SMILES string of the molecule is COc1ccc2cc(Br)ccc2c1CC(=O)NN. The molecule has 2 aromatic rings. The second kappa shape index (κ2) is 5.37. The van der Waals surface area contributed by atoms with E-state index in [0.717, 1.165) is 20.8 Å². The van der Waals surface area contributed by atoms with Crippen LogP contribution in [0.25, 0.3) is 10.8 Å². The van der Waals surface area contributed by atoms with E-state index in [2.05, 4.69) is 21.4 Å². The first-order valence-corrected chi connectivity index (χ1v) is 6.19. The molecule has 0 atom stereocenters. The highest BCUT2D eigenvalue weighted by Crippen LogP contribution is 2.30. The Hall–Kier alpha value is -1.59. The van der Waals surface area contributed by atoms with Crippen LogP contribution in [0, 0.1) is 0 Å². The third-order valence-corrected chi connectivity index (χ3v) is 3.26. The van der Waals surface area contributed by atoms with Gasteiger partial charge in [-0.25, -0.2) is 5.84 Å². The molecule has 1 amide bonds. The van der Waals surface area contributed by atoms with Crippen molar-refractivity contribution in [2.45, 2.75) is 6.42 Å². The van der Waals surface area contributed by atoms with E-state index in [4.69, 9.17) is 10.6 Å². The Bertz CT molecular complexity index is 599. The van der Waals surface area contributed by atoms with Gasteiger partial charge in [0.1, 0.15) is 5.75 Å². The van der Waals surface area contributed by atoms with Crippen molar-refractivity contribution >= 4 is 32.6 Å². The van der Waals surface area contributed by atoms with Crippen molar-refractivity contribution in [2.24, 2.45) is 5.84 Å².